The second-order valence-corrected chi connectivity index (χ2v) is 6.32. The third kappa shape index (κ3) is 2.30. The quantitative estimate of drug-likeness (QED) is 0.942. The summed E-state index contributed by atoms with van der Waals surface area (Å²) in [6.45, 7) is 1.94. The van der Waals surface area contributed by atoms with E-state index in [1.54, 1.807) is 0 Å². The highest BCUT2D eigenvalue weighted by Gasteiger charge is 2.26. The number of nitrogens with one attached hydrogen (secondary N) is 1. The predicted octanol–water partition coefficient (Wildman–Crippen LogP) is 2.75. The minimum atomic E-state index is 0.0129. The van der Waals surface area contributed by atoms with Crippen molar-refractivity contribution in [1.29, 1.82) is 0 Å². The molecule has 0 spiro atoms. The van der Waals surface area contributed by atoms with Crippen molar-refractivity contribution in [2.75, 3.05) is 0 Å². The van der Waals surface area contributed by atoms with Gasteiger partial charge in [0.2, 0.25) is 0 Å². The van der Waals surface area contributed by atoms with Crippen molar-refractivity contribution >= 4 is 16.9 Å². The molecule has 0 radical (unpaired) electrons. The van der Waals surface area contributed by atoms with Crippen LogP contribution >= 0.6 is 0 Å². The number of aromatic nitrogens is 3. The Morgan fingerprint density at radius 1 is 1.29 bits per heavy atom. The normalized spacial score (nSPS) is 19.3. The fourth-order valence-corrected chi connectivity index (χ4v) is 3.24. The lowest BCUT2D eigenvalue weighted by Gasteiger charge is -2.11. The van der Waals surface area contributed by atoms with Crippen LogP contribution in [0, 0.1) is 6.92 Å². The van der Waals surface area contributed by atoms with Gasteiger partial charge in [-0.15, -0.1) is 0 Å². The van der Waals surface area contributed by atoms with Crippen LogP contribution in [0.3, 0.4) is 0 Å². The molecule has 2 aliphatic rings. The van der Waals surface area contributed by atoms with Crippen LogP contribution in [-0.4, -0.2) is 26.7 Å². The van der Waals surface area contributed by atoms with Gasteiger partial charge in [-0.1, -0.05) is 12.8 Å². The monoisotopic (exact) mass is 284 g/mol. The first-order chi connectivity index (χ1) is 10.2. The lowest BCUT2D eigenvalue weighted by atomic mass is 10.1. The van der Waals surface area contributed by atoms with Crippen LogP contribution < -0.4 is 5.32 Å². The van der Waals surface area contributed by atoms with Gasteiger partial charge in [0.1, 0.15) is 0 Å². The number of rotatable bonds is 3. The third-order valence-corrected chi connectivity index (χ3v) is 4.52. The summed E-state index contributed by atoms with van der Waals surface area (Å²) in [5, 5.41) is 8.48. The molecule has 0 aromatic carbocycles. The zero-order valence-electron chi connectivity index (χ0n) is 12.3. The van der Waals surface area contributed by atoms with Crippen LogP contribution in [0.5, 0.6) is 0 Å². The first-order valence-corrected chi connectivity index (χ1v) is 7.88. The van der Waals surface area contributed by atoms with Gasteiger partial charge in [-0.3, -0.25) is 4.79 Å². The number of aryl methyl sites for hydroxylation is 1. The molecule has 2 aromatic rings. The Kier molecular flexibility index (Phi) is 2.94. The minimum Gasteiger partial charge on any atom is -0.349 e. The van der Waals surface area contributed by atoms with Gasteiger partial charge in [-0.05, 0) is 38.7 Å². The van der Waals surface area contributed by atoms with E-state index in [2.05, 4.69) is 15.4 Å². The second kappa shape index (κ2) is 4.83. The zero-order valence-corrected chi connectivity index (χ0v) is 12.3. The molecule has 1 amide bonds. The number of fused-ring (bicyclic) bond motifs is 1. The summed E-state index contributed by atoms with van der Waals surface area (Å²) in [6.07, 6.45) is 8.84. The van der Waals surface area contributed by atoms with Gasteiger partial charge in [0.15, 0.2) is 5.65 Å². The van der Waals surface area contributed by atoms with Crippen LogP contribution in [-0.2, 0) is 0 Å². The lowest BCUT2D eigenvalue weighted by Crippen LogP contribution is -2.25. The van der Waals surface area contributed by atoms with Crippen molar-refractivity contribution in [3.63, 3.8) is 0 Å². The lowest BCUT2D eigenvalue weighted by molar-refractivity contribution is 0.0952. The standard InChI is InChI=1S/C16H20N4O/c1-10-8-13(16(21)19-11-6-7-11)14-9-17-20(15(14)18-10)12-4-2-3-5-12/h8-9,11-12H,2-7H2,1H3,(H,19,21). The highest BCUT2D eigenvalue weighted by molar-refractivity contribution is 6.05. The number of hydrogen-bond donors (Lipinski definition) is 1. The molecular weight excluding hydrogens is 264 g/mol. The van der Waals surface area contributed by atoms with Gasteiger partial charge >= 0.3 is 0 Å². The molecule has 0 bridgehead atoms. The molecule has 0 unspecified atom stereocenters. The molecule has 5 nitrogen and oxygen atoms in total. The minimum absolute atomic E-state index is 0.0129. The summed E-state index contributed by atoms with van der Waals surface area (Å²) < 4.78 is 2.03. The molecule has 21 heavy (non-hydrogen) atoms. The number of carbonyl (C=O) groups excluding carboxylic acids is 1. The van der Waals surface area contributed by atoms with E-state index in [1.807, 2.05) is 23.9 Å². The van der Waals surface area contributed by atoms with E-state index in [0.717, 1.165) is 42.4 Å². The first kappa shape index (κ1) is 12.8. The smallest absolute Gasteiger partial charge is 0.252 e. The van der Waals surface area contributed by atoms with Crippen LogP contribution in [0.25, 0.3) is 11.0 Å². The van der Waals surface area contributed by atoms with Crippen molar-refractivity contribution in [3.05, 3.63) is 23.5 Å². The highest BCUT2D eigenvalue weighted by atomic mass is 16.1. The van der Waals surface area contributed by atoms with E-state index < -0.39 is 0 Å². The van der Waals surface area contributed by atoms with E-state index in [0.29, 0.717) is 17.6 Å². The second-order valence-electron chi connectivity index (χ2n) is 6.32. The maximum absolute atomic E-state index is 12.4. The summed E-state index contributed by atoms with van der Waals surface area (Å²) in [7, 11) is 0. The summed E-state index contributed by atoms with van der Waals surface area (Å²) >= 11 is 0. The Morgan fingerprint density at radius 3 is 2.76 bits per heavy atom. The van der Waals surface area contributed by atoms with Crippen molar-refractivity contribution < 1.29 is 4.79 Å². The van der Waals surface area contributed by atoms with Gasteiger partial charge in [0.05, 0.1) is 23.2 Å². The molecule has 2 saturated carbocycles. The van der Waals surface area contributed by atoms with Gasteiger partial charge in [-0.25, -0.2) is 9.67 Å². The maximum atomic E-state index is 12.4. The van der Waals surface area contributed by atoms with E-state index in [-0.39, 0.29) is 5.91 Å². The average Bonchev–Trinajstić information content (AvgIpc) is 2.97. The van der Waals surface area contributed by atoms with Gasteiger partial charge in [-0.2, -0.15) is 5.10 Å². The molecule has 2 aliphatic carbocycles. The first-order valence-electron chi connectivity index (χ1n) is 7.88. The van der Waals surface area contributed by atoms with Crippen molar-refractivity contribution in [3.8, 4) is 0 Å². The molecule has 0 atom stereocenters. The van der Waals surface area contributed by atoms with E-state index >= 15 is 0 Å². The fourth-order valence-electron chi connectivity index (χ4n) is 3.24. The summed E-state index contributed by atoms with van der Waals surface area (Å²) in [4.78, 5) is 17.1. The van der Waals surface area contributed by atoms with Crippen LogP contribution in [0.4, 0.5) is 0 Å². The number of hydrogen-bond acceptors (Lipinski definition) is 3. The van der Waals surface area contributed by atoms with Crippen LogP contribution in [0.15, 0.2) is 12.3 Å². The van der Waals surface area contributed by atoms with Crippen LogP contribution in [0.1, 0.15) is 60.6 Å². The molecule has 0 aliphatic heterocycles. The number of amides is 1. The Morgan fingerprint density at radius 2 is 2.05 bits per heavy atom. The summed E-state index contributed by atoms with van der Waals surface area (Å²) in [5.74, 6) is 0.0129. The zero-order chi connectivity index (χ0) is 14.4. The molecule has 110 valence electrons. The van der Waals surface area contributed by atoms with Crippen molar-refractivity contribution in [2.45, 2.75) is 57.5 Å². The number of carbonyl (C=O) groups is 1. The topological polar surface area (TPSA) is 59.8 Å². The van der Waals surface area contributed by atoms with Crippen LogP contribution in [0.2, 0.25) is 0 Å². The highest BCUT2D eigenvalue weighted by Crippen LogP contribution is 2.32. The number of nitrogens with zero attached hydrogens (tertiary/aromatic N) is 3. The Bertz CT molecular complexity index is 696. The van der Waals surface area contributed by atoms with Gasteiger partial charge in [0.25, 0.3) is 5.91 Å². The Balaban J connectivity index is 1.77. The Hall–Kier alpha value is -1.91. The van der Waals surface area contributed by atoms with E-state index in [9.17, 15) is 4.79 Å². The van der Waals surface area contributed by atoms with E-state index in [1.165, 1.54) is 12.8 Å². The molecule has 1 N–H and O–H groups in total. The molecule has 4 rings (SSSR count). The Labute approximate surface area is 123 Å². The average molecular weight is 284 g/mol. The largest absolute Gasteiger partial charge is 0.349 e. The van der Waals surface area contributed by atoms with Crippen molar-refractivity contribution in [2.24, 2.45) is 0 Å². The van der Waals surface area contributed by atoms with Gasteiger partial charge in [0, 0.05) is 11.7 Å². The van der Waals surface area contributed by atoms with Crippen molar-refractivity contribution in [1.82, 2.24) is 20.1 Å². The molecular formula is C16H20N4O. The van der Waals surface area contributed by atoms with Gasteiger partial charge < -0.3 is 5.32 Å². The molecule has 2 heterocycles. The summed E-state index contributed by atoms with van der Waals surface area (Å²) in [5.41, 5.74) is 2.46. The fraction of sp³-hybridized carbons (Fsp3) is 0.562. The third-order valence-electron chi connectivity index (χ3n) is 4.52. The SMILES string of the molecule is Cc1cc(C(=O)NC2CC2)c2cnn(C3CCCC3)c2n1. The molecule has 2 aromatic heterocycles. The molecule has 2 fully saturated rings. The number of pyridine rings is 1. The molecule has 5 heteroatoms. The summed E-state index contributed by atoms with van der Waals surface area (Å²) in [6, 6.07) is 2.68. The predicted molar refractivity (Wildman–Crippen MR) is 80.3 cm³/mol. The maximum Gasteiger partial charge on any atom is 0.252 e. The van der Waals surface area contributed by atoms with E-state index in [4.69, 9.17) is 0 Å². The molecule has 0 saturated heterocycles.